The first kappa shape index (κ1) is 8.24. The van der Waals surface area contributed by atoms with Crippen molar-refractivity contribution in [1.82, 2.24) is 0 Å². The maximum Gasteiger partial charge on any atom is 0.183 e. The summed E-state index contributed by atoms with van der Waals surface area (Å²) in [5.41, 5.74) is 0.984. The lowest BCUT2D eigenvalue weighted by Crippen LogP contribution is -2.21. The van der Waals surface area contributed by atoms with Crippen LogP contribution in [-0.2, 0) is 4.79 Å². The second-order valence-corrected chi connectivity index (χ2v) is 3.32. The second kappa shape index (κ2) is 3.17. The molecule has 0 unspecified atom stereocenters. The molecule has 0 amide bonds. The van der Waals surface area contributed by atoms with E-state index in [-0.39, 0.29) is 5.78 Å². The van der Waals surface area contributed by atoms with Gasteiger partial charge in [-0.05, 0) is 22.9 Å². The standard InChI is InChI=1S/C12H12O/c1-2-5-11-10-7-4-3-6-9(10)8-12(11)13/h3-4,6-8H,2,5H2,1H3. The Hall–Kier alpha value is -1.37. The van der Waals surface area contributed by atoms with Crippen molar-refractivity contribution in [2.75, 3.05) is 0 Å². The molecule has 1 aliphatic rings. The molecule has 1 aliphatic carbocycles. The third-order valence-corrected chi connectivity index (χ3v) is 2.37. The largest absolute Gasteiger partial charge is 0.290 e. The predicted octanol–water partition coefficient (Wildman–Crippen LogP) is 1.00. The molecule has 13 heavy (non-hydrogen) atoms. The molecule has 0 saturated heterocycles. The smallest absolute Gasteiger partial charge is 0.183 e. The number of benzene rings is 1. The number of hydrogen-bond acceptors (Lipinski definition) is 1. The number of hydrogen-bond donors (Lipinski definition) is 0. The van der Waals surface area contributed by atoms with Gasteiger partial charge in [0.25, 0.3) is 0 Å². The summed E-state index contributed by atoms with van der Waals surface area (Å²) < 4.78 is 0. The van der Waals surface area contributed by atoms with Gasteiger partial charge in [-0.25, -0.2) is 0 Å². The number of carbonyl (C=O) groups excluding carboxylic acids is 1. The Balaban J connectivity index is 2.69. The zero-order chi connectivity index (χ0) is 9.26. The van der Waals surface area contributed by atoms with Crippen LogP contribution in [0.4, 0.5) is 0 Å². The lowest BCUT2D eigenvalue weighted by Gasteiger charge is -1.95. The Morgan fingerprint density at radius 2 is 2.00 bits per heavy atom. The van der Waals surface area contributed by atoms with Crippen LogP contribution in [0.5, 0.6) is 0 Å². The highest BCUT2D eigenvalue weighted by Gasteiger charge is 2.12. The van der Waals surface area contributed by atoms with E-state index >= 15 is 0 Å². The topological polar surface area (TPSA) is 17.1 Å². The van der Waals surface area contributed by atoms with Crippen LogP contribution in [0.2, 0.25) is 0 Å². The van der Waals surface area contributed by atoms with Crippen molar-refractivity contribution in [3.63, 3.8) is 0 Å². The molecule has 0 N–H and O–H groups in total. The van der Waals surface area contributed by atoms with Crippen LogP contribution in [0.3, 0.4) is 0 Å². The lowest BCUT2D eigenvalue weighted by molar-refractivity contribution is -0.108. The molecule has 0 radical (unpaired) electrons. The van der Waals surface area contributed by atoms with Crippen molar-refractivity contribution >= 4 is 17.4 Å². The number of ketones is 1. The maximum absolute atomic E-state index is 11.5. The van der Waals surface area contributed by atoms with Crippen molar-refractivity contribution in [3.05, 3.63) is 34.7 Å². The molecular weight excluding hydrogens is 160 g/mol. The van der Waals surface area contributed by atoms with Gasteiger partial charge in [-0.15, -0.1) is 0 Å². The number of rotatable bonds is 2. The summed E-state index contributed by atoms with van der Waals surface area (Å²) in [4.78, 5) is 11.5. The van der Waals surface area contributed by atoms with Gasteiger partial charge in [0.2, 0.25) is 0 Å². The van der Waals surface area contributed by atoms with E-state index in [4.69, 9.17) is 0 Å². The Labute approximate surface area is 77.4 Å². The van der Waals surface area contributed by atoms with Crippen LogP contribution in [-0.4, -0.2) is 5.78 Å². The highest BCUT2D eigenvalue weighted by molar-refractivity contribution is 6.32. The van der Waals surface area contributed by atoms with Gasteiger partial charge in [-0.2, -0.15) is 0 Å². The lowest BCUT2D eigenvalue weighted by atomic mass is 10.1. The van der Waals surface area contributed by atoms with Gasteiger partial charge >= 0.3 is 0 Å². The molecular formula is C12H12O. The quantitative estimate of drug-likeness (QED) is 0.650. The Morgan fingerprint density at radius 1 is 1.23 bits per heavy atom. The Morgan fingerprint density at radius 3 is 2.77 bits per heavy atom. The van der Waals surface area contributed by atoms with Crippen molar-refractivity contribution in [2.45, 2.75) is 19.8 Å². The molecule has 2 rings (SSSR count). The summed E-state index contributed by atoms with van der Waals surface area (Å²) >= 11 is 0. The molecule has 66 valence electrons. The molecule has 0 aliphatic heterocycles. The fraction of sp³-hybridized carbons (Fsp3) is 0.250. The fourth-order valence-corrected chi connectivity index (χ4v) is 1.77. The van der Waals surface area contributed by atoms with E-state index in [0.717, 1.165) is 28.9 Å². The summed E-state index contributed by atoms with van der Waals surface area (Å²) in [5, 5.41) is 2.21. The highest BCUT2D eigenvalue weighted by atomic mass is 16.1. The van der Waals surface area contributed by atoms with Gasteiger partial charge in [0, 0.05) is 5.57 Å². The van der Waals surface area contributed by atoms with Crippen molar-refractivity contribution in [1.29, 1.82) is 0 Å². The van der Waals surface area contributed by atoms with Gasteiger partial charge in [-0.1, -0.05) is 37.6 Å². The first-order valence-corrected chi connectivity index (χ1v) is 4.67. The summed E-state index contributed by atoms with van der Waals surface area (Å²) in [6, 6.07) is 7.98. The van der Waals surface area contributed by atoms with Gasteiger partial charge in [0.15, 0.2) is 5.78 Å². The molecule has 0 atom stereocenters. The molecule has 0 bridgehead atoms. The minimum atomic E-state index is 0.197. The summed E-state index contributed by atoms with van der Waals surface area (Å²) in [6.07, 6.45) is 3.66. The fourth-order valence-electron chi connectivity index (χ4n) is 1.77. The molecule has 0 spiro atoms. The van der Waals surface area contributed by atoms with Crippen LogP contribution >= 0.6 is 0 Å². The monoisotopic (exact) mass is 172 g/mol. The first-order chi connectivity index (χ1) is 6.33. The third-order valence-electron chi connectivity index (χ3n) is 2.37. The molecule has 0 heterocycles. The highest BCUT2D eigenvalue weighted by Crippen LogP contribution is 2.08. The first-order valence-electron chi connectivity index (χ1n) is 4.67. The van der Waals surface area contributed by atoms with E-state index in [1.54, 1.807) is 6.08 Å². The van der Waals surface area contributed by atoms with Crippen LogP contribution in [0, 0.1) is 0 Å². The Bertz CT molecular complexity index is 454. The van der Waals surface area contributed by atoms with Crippen LogP contribution in [0.15, 0.2) is 24.3 Å². The molecule has 0 fully saturated rings. The van der Waals surface area contributed by atoms with Gasteiger partial charge in [-0.3, -0.25) is 4.79 Å². The van der Waals surface area contributed by atoms with Crippen LogP contribution < -0.4 is 10.4 Å². The SMILES string of the molecule is CCCC1=c2ccccc2=CC1=O. The number of Topliss-reactive ketones (excluding diaryl/α,β-unsaturated/α-hetero) is 1. The molecule has 1 aromatic carbocycles. The molecule has 0 saturated carbocycles. The average Bonchev–Trinajstić information content (AvgIpc) is 2.44. The zero-order valence-electron chi connectivity index (χ0n) is 7.71. The third kappa shape index (κ3) is 1.31. The predicted molar refractivity (Wildman–Crippen MR) is 53.5 cm³/mol. The minimum Gasteiger partial charge on any atom is -0.290 e. The van der Waals surface area contributed by atoms with E-state index in [1.807, 2.05) is 24.3 Å². The van der Waals surface area contributed by atoms with Crippen LogP contribution in [0.25, 0.3) is 11.6 Å². The van der Waals surface area contributed by atoms with Crippen molar-refractivity contribution in [2.24, 2.45) is 0 Å². The van der Waals surface area contributed by atoms with Gasteiger partial charge in [0.1, 0.15) is 0 Å². The molecule has 1 nitrogen and oxygen atoms in total. The minimum absolute atomic E-state index is 0.197. The van der Waals surface area contributed by atoms with E-state index in [1.165, 1.54) is 0 Å². The number of carbonyl (C=O) groups is 1. The molecule has 0 aromatic heterocycles. The summed E-state index contributed by atoms with van der Waals surface area (Å²) in [5.74, 6) is 0.197. The molecule has 1 aromatic rings. The van der Waals surface area contributed by atoms with Gasteiger partial charge < -0.3 is 0 Å². The zero-order valence-corrected chi connectivity index (χ0v) is 7.71. The van der Waals surface area contributed by atoms with Gasteiger partial charge in [0.05, 0.1) is 0 Å². The summed E-state index contributed by atoms with van der Waals surface area (Å²) in [7, 11) is 0. The second-order valence-electron chi connectivity index (χ2n) is 3.32. The molecule has 1 heteroatoms. The van der Waals surface area contributed by atoms with E-state index in [0.29, 0.717) is 0 Å². The maximum atomic E-state index is 11.5. The normalized spacial score (nSPS) is 14.2. The van der Waals surface area contributed by atoms with E-state index < -0.39 is 0 Å². The Kier molecular flexibility index (Phi) is 2.01. The van der Waals surface area contributed by atoms with E-state index in [9.17, 15) is 4.79 Å². The average molecular weight is 172 g/mol. The number of fused-ring (bicyclic) bond motifs is 1. The van der Waals surface area contributed by atoms with Crippen molar-refractivity contribution < 1.29 is 4.79 Å². The van der Waals surface area contributed by atoms with E-state index in [2.05, 4.69) is 6.92 Å². The van der Waals surface area contributed by atoms with Crippen LogP contribution in [0.1, 0.15) is 19.8 Å². The van der Waals surface area contributed by atoms with Crippen molar-refractivity contribution in [3.8, 4) is 0 Å². The summed E-state index contributed by atoms with van der Waals surface area (Å²) in [6.45, 7) is 2.10.